The van der Waals surface area contributed by atoms with Gasteiger partial charge < -0.3 is 24.6 Å². The van der Waals surface area contributed by atoms with Gasteiger partial charge in [-0.25, -0.2) is 0 Å². The van der Waals surface area contributed by atoms with Gasteiger partial charge in [-0.1, -0.05) is 25.5 Å². The van der Waals surface area contributed by atoms with Crippen molar-refractivity contribution in [1.82, 2.24) is 0 Å². The zero-order chi connectivity index (χ0) is 24.1. The molecule has 0 saturated heterocycles. The molecule has 0 aromatic rings. The molecule has 0 atom stereocenters. The molecule has 0 spiro atoms. The first-order chi connectivity index (χ1) is 15.3. The molecule has 0 aromatic heterocycles. The van der Waals surface area contributed by atoms with E-state index in [0.29, 0.717) is 19.3 Å². The highest BCUT2D eigenvalue weighted by Crippen LogP contribution is 2.19. The maximum atomic E-state index is 10.9. The fourth-order valence-electron chi connectivity index (χ4n) is 4.12. The lowest BCUT2D eigenvalue weighted by Gasteiger charge is -2.39. The maximum Gasteiger partial charge on any atom is 0.303 e. The number of hydrogen-bond acceptors (Lipinski definition) is 4. The molecular weight excluding hydrogens is 410 g/mol. The van der Waals surface area contributed by atoms with Crippen molar-refractivity contribution in [2.45, 2.75) is 103 Å². The Hall–Kier alpha value is -1.89. The summed E-state index contributed by atoms with van der Waals surface area (Å²) < 4.78 is 0.831. The SMILES string of the molecule is CCC/C=C/CCCCC[N+](CCCCC(=O)[O-])(CCCCC(=O)O)CCCCC(=O)O. The number of carbonyl (C=O) groups is 3. The molecule has 186 valence electrons. The molecular formula is C25H45NO6. The van der Waals surface area contributed by atoms with Crippen LogP contribution in [0.5, 0.6) is 0 Å². The van der Waals surface area contributed by atoms with Crippen molar-refractivity contribution in [3.63, 3.8) is 0 Å². The minimum Gasteiger partial charge on any atom is -0.550 e. The largest absolute Gasteiger partial charge is 0.550 e. The van der Waals surface area contributed by atoms with Crippen molar-refractivity contribution >= 4 is 17.9 Å². The summed E-state index contributed by atoms with van der Waals surface area (Å²) in [6, 6.07) is 0. The first-order valence-corrected chi connectivity index (χ1v) is 12.4. The monoisotopic (exact) mass is 455 g/mol. The van der Waals surface area contributed by atoms with E-state index in [4.69, 9.17) is 10.2 Å². The van der Waals surface area contributed by atoms with Crippen molar-refractivity contribution in [2.75, 3.05) is 26.2 Å². The number of aliphatic carboxylic acids is 3. The van der Waals surface area contributed by atoms with E-state index >= 15 is 0 Å². The molecule has 0 amide bonds. The van der Waals surface area contributed by atoms with Crippen LogP contribution in [0.4, 0.5) is 0 Å². The number of carbonyl (C=O) groups excluding carboxylic acids is 1. The standard InChI is InChI=1S/C25H45NO6/c1-2-3-4-5-6-7-8-12-19-26(20-13-9-16-23(27)28,21-14-10-17-24(29)30)22-15-11-18-25(31)32/h4-5H,2-3,6-22H2,1H3,(H2-,27,28,29,30,31,32)/b5-4+. The third-order valence-electron chi connectivity index (χ3n) is 5.93. The highest BCUT2D eigenvalue weighted by Gasteiger charge is 2.26. The van der Waals surface area contributed by atoms with Crippen LogP contribution in [0.3, 0.4) is 0 Å². The van der Waals surface area contributed by atoms with E-state index in [1.165, 1.54) is 0 Å². The van der Waals surface area contributed by atoms with E-state index in [1.54, 1.807) is 0 Å². The molecule has 32 heavy (non-hydrogen) atoms. The molecule has 2 N–H and O–H groups in total. The van der Waals surface area contributed by atoms with Gasteiger partial charge in [0.15, 0.2) is 0 Å². The molecule has 0 aliphatic rings. The molecule has 0 heterocycles. The van der Waals surface area contributed by atoms with Crippen LogP contribution in [0.1, 0.15) is 103 Å². The summed E-state index contributed by atoms with van der Waals surface area (Å²) in [4.78, 5) is 32.5. The first-order valence-electron chi connectivity index (χ1n) is 12.4. The lowest BCUT2D eigenvalue weighted by molar-refractivity contribution is -0.929. The second-order valence-electron chi connectivity index (χ2n) is 8.88. The van der Waals surface area contributed by atoms with E-state index in [9.17, 15) is 19.5 Å². The van der Waals surface area contributed by atoms with Crippen molar-refractivity contribution in [3.05, 3.63) is 12.2 Å². The van der Waals surface area contributed by atoms with Gasteiger partial charge in [-0.2, -0.15) is 0 Å². The van der Waals surface area contributed by atoms with Crippen molar-refractivity contribution in [1.29, 1.82) is 0 Å². The lowest BCUT2D eigenvalue weighted by atomic mass is 10.1. The van der Waals surface area contributed by atoms with E-state index in [0.717, 1.165) is 88.4 Å². The Kier molecular flexibility index (Phi) is 18.6. The van der Waals surface area contributed by atoms with Gasteiger partial charge in [-0.05, 0) is 77.0 Å². The second kappa shape index (κ2) is 19.8. The highest BCUT2D eigenvalue weighted by molar-refractivity contribution is 5.66. The molecule has 0 fully saturated rings. The van der Waals surface area contributed by atoms with Gasteiger partial charge in [-0.15, -0.1) is 0 Å². The molecule has 0 aliphatic carbocycles. The predicted molar refractivity (Wildman–Crippen MR) is 124 cm³/mol. The summed E-state index contributed by atoms with van der Waals surface area (Å²) in [6.45, 7) is 5.72. The Bertz CT molecular complexity index is 491. The first kappa shape index (κ1) is 30.1. The maximum absolute atomic E-state index is 10.9. The topological polar surface area (TPSA) is 115 Å². The number of carboxylic acids is 3. The van der Waals surface area contributed by atoms with E-state index in [2.05, 4.69) is 19.1 Å². The second-order valence-corrected chi connectivity index (χ2v) is 8.88. The van der Waals surface area contributed by atoms with Crippen molar-refractivity contribution in [2.24, 2.45) is 0 Å². The van der Waals surface area contributed by atoms with E-state index in [-0.39, 0.29) is 19.3 Å². The van der Waals surface area contributed by atoms with Crippen LogP contribution in [-0.2, 0) is 14.4 Å². The van der Waals surface area contributed by atoms with Crippen LogP contribution in [0, 0.1) is 0 Å². The zero-order valence-corrected chi connectivity index (χ0v) is 20.1. The van der Waals surface area contributed by atoms with Crippen LogP contribution < -0.4 is 5.11 Å². The summed E-state index contributed by atoms with van der Waals surface area (Å²) in [5.41, 5.74) is 0. The third-order valence-corrected chi connectivity index (χ3v) is 5.93. The van der Waals surface area contributed by atoms with Gasteiger partial charge in [0.05, 0.1) is 26.2 Å². The molecule has 0 bridgehead atoms. The summed E-state index contributed by atoms with van der Waals surface area (Å²) in [5, 5.41) is 28.7. The molecule has 0 saturated carbocycles. The molecule has 0 unspecified atom stereocenters. The normalized spacial score (nSPS) is 11.8. The summed E-state index contributed by atoms with van der Waals surface area (Å²) in [7, 11) is 0. The van der Waals surface area contributed by atoms with Gasteiger partial charge in [0, 0.05) is 18.8 Å². The minimum atomic E-state index is -1.03. The Morgan fingerprint density at radius 3 is 1.53 bits per heavy atom. The third kappa shape index (κ3) is 18.8. The quantitative estimate of drug-likeness (QED) is 0.136. The van der Waals surface area contributed by atoms with Crippen LogP contribution in [0.25, 0.3) is 0 Å². The van der Waals surface area contributed by atoms with Gasteiger partial charge in [0.25, 0.3) is 0 Å². The summed E-state index contributed by atoms with van der Waals surface area (Å²) >= 11 is 0. The van der Waals surface area contributed by atoms with E-state index in [1.807, 2.05) is 0 Å². The lowest BCUT2D eigenvalue weighted by Crippen LogP contribution is -2.51. The number of rotatable bonds is 23. The number of allylic oxidation sites excluding steroid dienone is 2. The fourth-order valence-corrected chi connectivity index (χ4v) is 4.12. The van der Waals surface area contributed by atoms with Gasteiger partial charge in [0.2, 0.25) is 0 Å². The summed E-state index contributed by atoms with van der Waals surface area (Å²) in [5.74, 6) is -2.59. The zero-order valence-electron chi connectivity index (χ0n) is 20.1. The van der Waals surface area contributed by atoms with Crippen molar-refractivity contribution < 1.29 is 34.2 Å². The number of hydrogen-bond donors (Lipinski definition) is 2. The van der Waals surface area contributed by atoms with Crippen molar-refractivity contribution in [3.8, 4) is 0 Å². The highest BCUT2D eigenvalue weighted by atomic mass is 16.4. The van der Waals surface area contributed by atoms with E-state index < -0.39 is 17.9 Å². The Morgan fingerprint density at radius 2 is 1.09 bits per heavy atom. The number of carboxylic acid groups (broad SMARTS) is 3. The molecule has 0 rings (SSSR count). The average molecular weight is 456 g/mol. The fraction of sp³-hybridized carbons (Fsp3) is 0.800. The predicted octanol–water partition coefficient (Wildman–Crippen LogP) is 4.15. The van der Waals surface area contributed by atoms with Crippen LogP contribution in [0.15, 0.2) is 12.2 Å². The molecule has 0 aliphatic heterocycles. The molecule has 7 heteroatoms. The Morgan fingerprint density at radius 1 is 0.656 bits per heavy atom. The van der Waals surface area contributed by atoms with Gasteiger partial charge >= 0.3 is 11.9 Å². The Labute approximate surface area is 194 Å². The average Bonchev–Trinajstić information content (AvgIpc) is 2.73. The molecule has 7 nitrogen and oxygen atoms in total. The van der Waals surface area contributed by atoms with Crippen LogP contribution in [0.2, 0.25) is 0 Å². The minimum absolute atomic E-state index is 0.0577. The van der Waals surface area contributed by atoms with Gasteiger partial charge in [0.1, 0.15) is 0 Å². The Balaban J connectivity index is 4.88. The number of nitrogens with zero attached hydrogens (tertiary/aromatic N) is 1. The smallest absolute Gasteiger partial charge is 0.303 e. The van der Waals surface area contributed by atoms with Gasteiger partial charge in [-0.3, -0.25) is 9.59 Å². The van der Waals surface area contributed by atoms with Crippen LogP contribution in [-0.4, -0.2) is 58.8 Å². The molecule has 0 aromatic carbocycles. The summed E-state index contributed by atoms with van der Waals surface area (Å²) in [6.07, 6.45) is 15.8. The number of unbranched alkanes of at least 4 members (excludes halogenated alkanes) is 7. The molecule has 0 radical (unpaired) electrons. The number of quaternary nitrogens is 1. The van der Waals surface area contributed by atoms with Crippen LogP contribution >= 0.6 is 0 Å².